The molecular formula is C21H19N3O4S. The van der Waals surface area contributed by atoms with Crippen molar-refractivity contribution in [3.05, 3.63) is 58.8 Å². The quantitative estimate of drug-likeness (QED) is 0.588. The maximum Gasteiger partial charge on any atom is 0.354 e. The lowest BCUT2D eigenvalue weighted by molar-refractivity contribution is -0.137. The fourth-order valence-corrected chi connectivity index (χ4v) is 3.60. The first-order chi connectivity index (χ1) is 14.0. The van der Waals surface area contributed by atoms with E-state index >= 15 is 0 Å². The molecule has 29 heavy (non-hydrogen) atoms. The molecule has 0 atom stereocenters. The van der Waals surface area contributed by atoms with Crippen LogP contribution in [-0.4, -0.2) is 22.6 Å². The maximum atomic E-state index is 12.5. The first-order valence-corrected chi connectivity index (χ1v) is 10.0. The van der Waals surface area contributed by atoms with Gasteiger partial charge in [-0.25, -0.2) is 9.78 Å². The molecule has 0 radical (unpaired) electrons. The Kier molecular flexibility index (Phi) is 5.26. The van der Waals surface area contributed by atoms with E-state index in [0.29, 0.717) is 17.3 Å². The van der Waals surface area contributed by atoms with Crippen LogP contribution < -0.4 is 5.01 Å². The molecule has 1 aromatic carbocycles. The Balaban J connectivity index is 1.47. The molecular weight excluding hydrogens is 390 g/mol. The van der Waals surface area contributed by atoms with Gasteiger partial charge in [-0.1, -0.05) is 18.2 Å². The minimum atomic E-state index is -0.562. The van der Waals surface area contributed by atoms with Crippen LogP contribution in [0.3, 0.4) is 0 Å². The van der Waals surface area contributed by atoms with Crippen molar-refractivity contribution < 1.29 is 18.7 Å². The van der Waals surface area contributed by atoms with Gasteiger partial charge in [0.05, 0.1) is 10.6 Å². The molecule has 0 saturated carbocycles. The Hall–Kier alpha value is -3.26. The molecule has 4 rings (SSSR count). The molecule has 1 amide bonds. The van der Waals surface area contributed by atoms with E-state index in [0.717, 1.165) is 16.0 Å². The lowest BCUT2D eigenvalue weighted by Gasteiger charge is -2.24. The third-order valence-corrected chi connectivity index (χ3v) is 5.35. The van der Waals surface area contributed by atoms with E-state index < -0.39 is 5.97 Å². The molecule has 3 aromatic rings. The van der Waals surface area contributed by atoms with Gasteiger partial charge in [-0.2, -0.15) is 10.1 Å². The summed E-state index contributed by atoms with van der Waals surface area (Å²) in [5.74, 6) is -0.214. The molecule has 148 valence electrons. The van der Waals surface area contributed by atoms with Gasteiger partial charge in [0.25, 0.3) is 0 Å². The normalized spacial score (nSPS) is 14.1. The molecule has 0 fully saturated rings. The standard InChI is InChI=1S/C21H19N3O4S/c1-13-5-6-14(2)17(10-13)24-19(25)8-7-16(23-24)21(26)28-12-15-11-27-20(22-15)18-4-3-9-29-18/h3-6,9-11H,7-8,12H2,1-2H3. The minimum Gasteiger partial charge on any atom is -0.455 e. The summed E-state index contributed by atoms with van der Waals surface area (Å²) in [6.07, 6.45) is 1.92. The van der Waals surface area contributed by atoms with Gasteiger partial charge in [-0.05, 0) is 42.5 Å². The van der Waals surface area contributed by atoms with Gasteiger partial charge in [0, 0.05) is 12.8 Å². The van der Waals surface area contributed by atoms with Crippen LogP contribution >= 0.6 is 11.3 Å². The SMILES string of the molecule is Cc1ccc(C)c(N2N=C(C(=O)OCc3coc(-c4cccs4)n3)CCC2=O)c1. The minimum absolute atomic E-state index is 0.0237. The summed E-state index contributed by atoms with van der Waals surface area (Å²) in [6, 6.07) is 9.59. The molecule has 3 heterocycles. The van der Waals surface area contributed by atoms with Gasteiger partial charge in [0.15, 0.2) is 0 Å². The maximum absolute atomic E-state index is 12.5. The number of thiophene rings is 1. The molecule has 2 aromatic heterocycles. The number of hydrazone groups is 1. The number of hydrogen-bond acceptors (Lipinski definition) is 7. The van der Waals surface area contributed by atoms with Crippen LogP contribution in [0.4, 0.5) is 5.69 Å². The van der Waals surface area contributed by atoms with Crippen LogP contribution in [0, 0.1) is 13.8 Å². The highest BCUT2D eigenvalue weighted by molar-refractivity contribution is 7.13. The number of amides is 1. The summed E-state index contributed by atoms with van der Waals surface area (Å²) in [6.45, 7) is 3.82. The van der Waals surface area contributed by atoms with Crippen molar-refractivity contribution in [2.45, 2.75) is 33.3 Å². The molecule has 0 bridgehead atoms. The first-order valence-electron chi connectivity index (χ1n) is 9.14. The smallest absolute Gasteiger partial charge is 0.354 e. The van der Waals surface area contributed by atoms with E-state index in [2.05, 4.69) is 10.1 Å². The second kappa shape index (κ2) is 8.00. The number of ether oxygens (including phenoxy) is 1. The largest absolute Gasteiger partial charge is 0.455 e. The highest BCUT2D eigenvalue weighted by Gasteiger charge is 2.27. The van der Waals surface area contributed by atoms with Crippen molar-refractivity contribution in [1.82, 2.24) is 4.98 Å². The molecule has 1 aliphatic heterocycles. The zero-order chi connectivity index (χ0) is 20.4. The molecule has 0 aliphatic carbocycles. The van der Waals surface area contributed by atoms with Crippen molar-refractivity contribution >= 4 is 34.6 Å². The number of carbonyl (C=O) groups excluding carboxylic acids is 2. The van der Waals surface area contributed by atoms with E-state index in [-0.39, 0.29) is 31.1 Å². The zero-order valence-electron chi connectivity index (χ0n) is 16.0. The summed E-state index contributed by atoms with van der Waals surface area (Å²) in [5.41, 5.74) is 3.33. The number of oxazole rings is 1. The van der Waals surface area contributed by atoms with E-state index in [1.165, 1.54) is 22.6 Å². The van der Waals surface area contributed by atoms with Crippen molar-refractivity contribution in [2.24, 2.45) is 5.10 Å². The Labute approximate surface area is 171 Å². The average molecular weight is 409 g/mol. The number of aromatic nitrogens is 1. The third-order valence-electron chi connectivity index (χ3n) is 4.50. The molecule has 0 unspecified atom stereocenters. The second-order valence-electron chi connectivity index (χ2n) is 6.74. The van der Waals surface area contributed by atoms with E-state index in [9.17, 15) is 9.59 Å². The average Bonchev–Trinajstić information content (AvgIpc) is 3.40. The molecule has 7 nitrogen and oxygen atoms in total. The Morgan fingerprint density at radius 3 is 2.93 bits per heavy atom. The van der Waals surface area contributed by atoms with Gasteiger partial charge in [0.2, 0.25) is 11.8 Å². The number of nitrogens with zero attached hydrogens (tertiary/aromatic N) is 3. The highest BCUT2D eigenvalue weighted by atomic mass is 32.1. The number of carbonyl (C=O) groups is 2. The van der Waals surface area contributed by atoms with E-state index in [1.54, 1.807) is 0 Å². The number of benzene rings is 1. The fraction of sp³-hybridized carbons (Fsp3) is 0.238. The van der Waals surface area contributed by atoms with Crippen LogP contribution in [0.5, 0.6) is 0 Å². The summed E-state index contributed by atoms with van der Waals surface area (Å²) in [7, 11) is 0. The van der Waals surface area contributed by atoms with Crippen molar-refractivity contribution in [3.63, 3.8) is 0 Å². The molecule has 0 spiro atoms. The van der Waals surface area contributed by atoms with Crippen molar-refractivity contribution in [3.8, 4) is 10.8 Å². The predicted octanol–water partition coefficient (Wildman–Crippen LogP) is 4.25. The first kappa shape index (κ1) is 19.1. The van der Waals surface area contributed by atoms with Crippen molar-refractivity contribution in [2.75, 3.05) is 5.01 Å². The molecule has 1 aliphatic rings. The molecule has 0 saturated heterocycles. The van der Waals surface area contributed by atoms with Gasteiger partial charge >= 0.3 is 5.97 Å². The van der Waals surface area contributed by atoms with E-state index in [1.807, 2.05) is 49.6 Å². The van der Waals surface area contributed by atoms with Crippen LogP contribution in [-0.2, 0) is 20.9 Å². The van der Waals surface area contributed by atoms with Crippen LogP contribution in [0.1, 0.15) is 29.7 Å². The van der Waals surface area contributed by atoms with Crippen LogP contribution in [0.2, 0.25) is 0 Å². The van der Waals surface area contributed by atoms with E-state index in [4.69, 9.17) is 9.15 Å². The predicted molar refractivity (Wildman–Crippen MR) is 110 cm³/mol. The van der Waals surface area contributed by atoms with Crippen LogP contribution in [0.15, 0.2) is 51.5 Å². The van der Waals surface area contributed by atoms with Crippen molar-refractivity contribution in [1.29, 1.82) is 0 Å². The summed E-state index contributed by atoms with van der Waals surface area (Å²) < 4.78 is 10.8. The van der Waals surface area contributed by atoms with Gasteiger partial charge < -0.3 is 9.15 Å². The molecule has 8 heteroatoms. The number of esters is 1. The second-order valence-corrected chi connectivity index (χ2v) is 7.69. The molecule has 0 N–H and O–H groups in total. The number of hydrogen-bond donors (Lipinski definition) is 0. The summed E-state index contributed by atoms with van der Waals surface area (Å²) in [5, 5.41) is 7.51. The Morgan fingerprint density at radius 2 is 2.14 bits per heavy atom. The van der Waals surface area contributed by atoms with Gasteiger partial charge in [-0.15, -0.1) is 11.3 Å². The van der Waals surface area contributed by atoms with Gasteiger partial charge in [-0.3, -0.25) is 4.79 Å². The van der Waals surface area contributed by atoms with Crippen LogP contribution in [0.25, 0.3) is 10.8 Å². The lowest BCUT2D eigenvalue weighted by Crippen LogP contribution is -2.35. The number of aryl methyl sites for hydroxylation is 2. The lowest BCUT2D eigenvalue weighted by atomic mass is 10.1. The number of rotatable bonds is 5. The Morgan fingerprint density at radius 1 is 1.28 bits per heavy atom. The zero-order valence-corrected chi connectivity index (χ0v) is 16.9. The topological polar surface area (TPSA) is 85.0 Å². The third kappa shape index (κ3) is 4.12. The number of anilines is 1. The Bertz CT molecular complexity index is 1090. The van der Waals surface area contributed by atoms with Gasteiger partial charge in [0.1, 0.15) is 24.3 Å². The summed E-state index contributed by atoms with van der Waals surface area (Å²) in [4.78, 5) is 30.1. The monoisotopic (exact) mass is 409 g/mol. The highest BCUT2D eigenvalue weighted by Crippen LogP contribution is 2.26. The summed E-state index contributed by atoms with van der Waals surface area (Å²) >= 11 is 1.52. The fourth-order valence-electron chi connectivity index (χ4n) is 2.95.